The van der Waals surface area contributed by atoms with Crippen LogP contribution in [0.5, 0.6) is 5.75 Å². The number of benzene rings is 2. The lowest BCUT2D eigenvalue weighted by Crippen LogP contribution is -2.33. The number of fused-ring (bicyclic) bond motifs is 1. The Morgan fingerprint density at radius 2 is 1.95 bits per heavy atom. The number of ether oxygens (including phenoxy) is 1. The van der Waals surface area contributed by atoms with Crippen LogP contribution in [0.2, 0.25) is 0 Å². The molecule has 1 fully saturated rings. The van der Waals surface area contributed by atoms with E-state index in [9.17, 15) is 4.79 Å². The van der Waals surface area contributed by atoms with Crippen molar-refractivity contribution in [2.75, 3.05) is 13.7 Å². The molecule has 2 N–H and O–H groups in total. The summed E-state index contributed by atoms with van der Waals surface area (Å²) in [5.41, 5.74) is 7.34. The van der Waals surface area contributed by atoms with Gasteiger partial charge in [-0.3, -0.25) is 4.79 Å². The molecule has 1 amide bonds. The van der Waals surface area contributed by atoms with Gasteiger partial charge in [0.1, 0.15) is 5.75 Å². The lowest BCUT2D eigenvalue weighted by atomic mass is 9.94. The lowest BCUT2D eigenvalue weighted by molar-refractivity contribution is -0.128. The highest BCUT2D eigenvalue weighted by molar-refractivity contribution is 5.92. The molecule has 0 spiro atoms. The Labute approximate surface area is 124 Å². The first kappa shape index (κ1) is 13.9. The maximum Gasteiger partial charge on any atom is 0.224 e. The highest BCUT2D eigenvalue weighted by Crippen LogP contribution is 2.38. The molecule has 0 aromatic heterocycles. The fourth-order valence-electron chi connectivity index (χ4n) is 3.32. The number of amides is 1. The van der Waals surface area contributed by atoms with Crippen LogP contribution >= 0.6 is 0 Å². The molecule has 1 saturated heterocycles. The van der Waals surface area contributed by atoms with E-state index in [1.807, 2.05) is 42.2 Å². The Bertz CT molecular complexity index is 684. The van der Waals surface area contributed by atoms with Gasteiger partial charge in [-0.1, -0.05) is 30.3 Å². The zero-order valence-corrected chi connectivity index (χ0v) is 12.4. The monoisotopic (exact) mass is 284 g/mol. The number of methoxy groups -OCH3 is 1. The molecular formula is C17H20N2O2. The Morgan fingerprint density at radius 3 is 2.62 bits per heavy atom. The molecule has 21 heavy (non-hydrogen) atoms. The van der Waals surface area contributed by atoms with E-state index < -0.39 is 0 Å². The highest BCUT2D eigenvalue weighted by atomic mass is 16.5. The molecule has 2 unspecified atom stereocenters. The summed E-state index contributed by atoms with van der Waals surface area (Å²) < 4.78 is 5.43. The van der Waals surface area contributed by atoms with Crippen molar-refractivity contribution in [3.63, 3.8) is 0 Å². The molecule has 1 aliphatic rings. The third-order valence-corrected chi connectivity index (χ3v) is 4.27. The first-order valence-electron chi connectivity index (χ1n) is 7.28. The number of likely N-dealkylation sites (N-methyl/N-ethyl adjacent to an activating group) is 1. The summed E-state index contributed by atoms with van der Waals surface area (Å²) in [6.07, 6.45) is 0.416. The normalized spacial score (nSPS) is 22.0. The molecule has 0 radical (unpaired) electrons. The van der Waals surface area contributed by atoms with Gasteiger partial charge in [-0.25, -0.2) is 0 Å². The third-order valence-electron chi connectivity index (χ3n) is 4.27. The number of rotatable bonds is 3. The van der Waals surface area contributed by atoms with Crippen LogP contribution in [0.15, 0.2) is 36.4 Å². The second kappa shape index (κ2) is 5.37. The van der Waals surface area contributed by atoms with E-state index in [1.54, 1.807) is 7.11 Å². The highest BCUT2D eigenvalue weighted by Gasteiger charge is 2.38. The van der Waals surface area contributed by atoms with Crippen molar-refractivity contribution < 1.29 is 9.53 Å². The summed E-state index contributed by atoms with van der Waals surface area (Å²) in [6, 6.07) is 11.9. The van der Waals surface area contributed by atoms with E-state index in [4.69, 9.17) is 10.5 Å². The van der Waals surface area contributed by atoms with Gasteiger partial charge in [0.05, 0.1) is 13.2 Å². The summed E-state index contributed by atoms with van der Waals surface area (Å²) in [4.78, 5) is 14.0. The van der Waals surface area contributed by atoms with Crippen molar-refractivity contribution in [1.82, 2.24) is 4.90 Å². The summed E-state index contributed by atoms with van der Waals surface area (Å²) in [7, 11) is 1.67. The number of hydrogen-bond acceptors (Lipinski definition) is 3. The van der Waals surface area contributed by atoms with E-state index in [2.05, 4.69) is 6.07 Å². The van der Waals surface area contributed by atoms with Gasteiger partial charge in [0.2, 0.25) is 5.91 Å². The van der Waals surface area contributed by atoms with Crippen LogP contribution in [-0.2, 0) is 4.79 Å². The van der Waals surface area contributed by atoms with Crippen molar-refractivity contribution in [1.29, 1.82) is 0 Å². The zero-order chi connectivity index (χ0) is 15.0. The fourth-order valence-corrected chi connectivity index (χ4v) is 3.32. The molecule has 3 rings (SSSR count). The van der Waals surface area contributed by atoms with Gasteiger partial charge in [-0.15, -0.1) is 0 Å². The molecule has 0 bridgehead atoms. The minimum atomic E-state index is -0.158. The minimum Gasteiger partial charge on any atom is -0.496 e. The molecular weight excluding hydrogens is 264 g/mol. The topological polar surface area (TPSA) is 55.6 Å². The summed E-state index contributed by atoms with van der Waals surface area (Å²) in [6.45, 7) is 2.67. The third kappa shape index (κ3) is 2.16. The van der Waals surface area contributed by atoms with Crippen molar-refractivity contribution >= 4 is 16.7 Å². The largest absolute Gasteiger partial charge is 0.496 e. The molecule has 110 valence electrons. The standard InChI is InChI=1S/C17H20N2O2/c1-3-19-16(20)10-14(18)17(19)13-8-9-15(21-2)12-7-5-4-6-11(12)13/h4-9,14,17H,3,10,18H2,1-2H3. The van der Waals surface area contributed by atoms with Gasteiger partial charge in [0, 0.05) is 24.4 Å². The van der Waals surface area contributed by atoms with Crippen LogP contribution in [-0.4, -0.2) is 30.5 Å². The van der Waals surface area contributed by atoms with E-state index >= 15 is 0 Å². The predicted molar refractivity (Wildman–Crippen MR) is 83.2 cm³/mol. The number of nitrogens with zero attached hydrogens (tertiary/aromatic N) is 1. The fraction of sp³-hybridized carbons (Fsp3) is 0.353. The molecule has 2 aromatic carbocycles. The lowest BCUT2D eigenvalue weighted by Gasteiger charge is -2.27. The summed E-state index contributed by atoms with van der Waals surface area (Å²) >= 11 is 0. The second-order valence-corrected chi connectivity index (χ2v) is 5.40. The molecule has 2 aromatic rings. The first-order valence-corrected chi connectivity index (χ1v) is 7.28. The minimum absolute atomic E-state index is 0.0571. The van der Waals surface area contributed by atoms with Crippen molar-refractivity contribution in [3.8, 4) is 5.75 Å². The van der Waals surface area contributed by atoms with Gasteiger partial charge < -0.3 is 15.4 Å². The van der Waals surface area contributed by atoms with Gasteiger partial charge in [-0.05, 0) is 23.9 Å². The van der Waals surface area contributed by atoms with E-state index in [0.717, 1.165) is 22.1 Å². The average Bonchev–Trinajstić information content (AvgIpc) is 2.79. The number of nitrogens with two attached hydrogens (primary N) is 1. The van der Waals surface area contributed by atoms with Crippen molar-refractivity contribution in [3.05, 3.63) is 42.0 Å². The SMILES string of the molecule is CCN1C(=O)CC(N)C1c1ccc(OC)c2ccccc12. The molecule has 2 atom stereocenters. The van der Waals surface area contributed by atoms with Crippen LogP contribution in [0, 0.1) is 0 Å². The molecule has 0 aliphatic carbocycles. The smallest absolute Gasteiger partial charge is 0.224 e. The molecule has 4 nitrogen and oxygen atoms in total. The number of hydrogen-bond donors (Lipinski definition) is 1. The number of likely N-dealkylation sites (tertiary alicyclic amines) is 1. The average molecular weight is 284 g/mol. The van der Waals surface area contributed by atoms with Crippen LogP contribution in [0.25, 0.3) is 10.8 Å². The Morgan fingerprint density at radius 1 is 1.24 bits per heavy atom. The Kier molecular flexibility index (Phi) is 3.55. The molecule has 0 saturated carbocycles. The van der Waals surface area contributed by atoms with Gasteiger partial charge in [-0.2, -0.15) is 0 Å². The van der Waals surface area contributed by atoms with Crippen LogP contribution in [0.3, 0.4) is 0 Å². The molecule has 4 heteroatoms. The van der Waals surface area contributed by atoms with Crippen molar-refractivity contribution in [2.45, 2.75) is 25.4 Å². The van der Waals surface area contributed by atoms with Crippen molar-refractivity contribution in [2.24, 2.45) is 5.73 Å². The maximum absolute atomic E-state index is 12.1. The quantitative estimate of drug-likeness (QED) is 0.942. The predicted octanol–water partition coefficient (Wildman–Crippen LogP) is 2.47. The van der Waals surface area contributed by atoms with Crippen LogP contribution in [0.1, 0.15) is 24.9 Å². The first-order chi connectivity index (χ1) is 10.2. The van der Waals surface area contributed by atoms with Gasteiger partial charge >= 0.3 is 0 Å². The van der Waals surface area contributed by atoms with E-state index in [0.29, 0.717) is 13.0 Å². The molecule has 1 aliphatic heterocycles. The zero-order valence-electron chi connectivity index (χ0n) is 12.4. The maximum atomic E-state index is 12.1. The summed E-state index contributed by atoms with van der Waals surface area (Å²) in [5, 5.41) is 2.16. The Balaban J connectivity index is 2.19. The van der Waals surface area contributed by atoms with E-state index in [-0.39, 0.29) is 18.0 Å². The van der Waals surface area contributed by atoms with Crippen LogP contribution < -0.4 is 10.5 Å². The number of carbonyl (C=O) groups excluding carboxylic acids is 1. The number of carbonyl (C=O) groups is 1. The second-order valence-electron chi connectivity index (χ2n) is 5.40. The summed E-state index contributed by atoms with van der Waals surface area (Å²) in [5.74, 6) is 0.977. The molecule has 1 heterocycles. The Hall–Kier alpha value is -2.07. The van der Waals surface area contributed by atoms with Crippen LogP contribution in [0.4, 0.5) is 0 Å². The van der Waals surface area contributed by atoms with E-state index in [1.165, 1.54) is 0 Å². The van der Waals surface area contributed by atoms with Gasteiger partial charge in [0.15, 0.2) is 0 Å². The van der Waals surface area contributed by atoms with Gasteiger partial charge in [0.25, 0.3) is 0 Å².